The summed E-state index contributed by atoms with van der Waals surface area (Å²) in [7, 11) is -8.53. The summed E-state index contributed by atoms with van der Waals surface area (Å²) in [5.41, 5.74) is 0.808. The Labute approximate surface area is 178 Å². The standard InChI is InChI=1S/C21H27NO6S2/c1-3-5-13-21(4-2)15-29(23,24)19-14-17(28-30(25,26)27)11-12-18(19)20(22-21)16-9-7-6-8-10-16/h6-12,14,20,22H,3-5,13,15H2,1-2H3,(H,25,26,27)/t20-,21-/m0/s1. The van der Waals surface area contributed by atoms with Crippen molar-refractivity contribution in [3.05, 3.63) is 59.7 Å². The Hall–Kier alpha value is -1.94. The van der Waals surface area contributed by atoms with Crippen LogP contribution in [-0.2, 0) is 20.2 Å². The molecule has 2 atom stereocenters. The fourth-order valence-electron chi connectivity index (χ4n) is 4.01. The lowest BCUT2D eigenvalue weighted by Gasteiger charge is -2.35. The first kappa shape index (κ1) is 22.7. The number of fused-ring (bicyclic) bond motifs is 1. The highest BCUT2D eigenvalue weighted by atomic mass is 32.3. The van der Waals surface area contributed by atoms with Crippen LogP contribution in [0.4, 0.5) is 0 Å². The smallest absolute Gasteiger partial charge is 0.362 e. The minimum Gasteiger partial charge on any atom is -0.362 e. The van der Waals surface area contributed by atoms with Gasteiger partial charge in [0.25, 0.3) is 0 Å². The quantitative estimate of drug-likeness (QED) is 0.616. The van der Waals surface area contributed by atoms with Gasteiger partial charge >= 0.3 is 10.4 Å². The van der Waals surface area contributed by atoms with Crippen LogP contribution in [0.15, 0.2) is 53.4 Å². The maximum absolute atomic E-state index is 13.4. The van der Waals surface area contributed by atoms with E-state index in [0.29, 0.717) is 18.4 Å². The Kier molecular flexibility index (Phi) is 6.57. The fourth-order valence-corrected chi connectivity index (χ4v) is 6.51. The zero-order valence-corrected chi connectivity index (χ0v) is 18.7. The summed E-state index contributed by atoms with van der Waals surface area (Å²) in [5, 5.41) is 3.62. The SMILES string of the molecule is CCCC[C@@]1(CC)CS(=O)(=O)c2cc(OS(=O)(=O)O)ccc2[C@H](c2ccccc2)N1. The van der Waals surface area contributed by atoms with Gasteiger partial charge in [0.05, 0.1) is 16.7 Å². The van der Waals surface area contributed by atoms with E-state index in [1.807, 2.05) is 37.3 Å². The van der Waals surface area contributed by atoms with Gasteiger partial charge in [-0.05, 0) is 30.0 Å². The molecule has 0 unspecified atom stereocenters. The van der Waals surface area contributed by atoms with Gasteiger partial charge in [0, 0.05) is 11.6 Å². The molecule has 0 bridgehead atoms. The molecule has 0 fully saturated rings. The number of hydrogen-bond acceptors (Lipinski definition) is 6. The van der Waals surface area contributed by atoms with Crippen molar-refractivity contribution in [1.29, 1.82) is 0 Å². The molecule has 0 saturated heterocycles. The van der Waals surface area contributed by atoms with E-state index in [1.165, 1.54) is 12.1 Å². The maximum Gasteiger partial charge on any atom is 0.446 e. The molecule has 0 aliphatic carbocycles. The summed E-state index contributed by atoms with van der Waals surface area (Å²) in [4.78, 5) is 0.0110. The normalized spacial score (nSPS) is 23.4. The molecular formula is C21H27NO6S2. The van der Waals surface area contributed by atoms with Crippen molar-refractivity contribution >= 4 is 20.2 Å². The number of benzene rings is 2. The van der Waals surface area contributed by atoms with E-state index in [2.05, 4.69) is 16.4 Å². The van der Waals surface area contributed by atoms with Gasteiger partial charge in [-0.2, -0.15) is 8.42 Å². The molecule has 3 rings (SSSR count). The van der Waals surface area contributed by atoms with Crippen LogP contribution in [0.3, 0.4) is 0 Å². The van der Waals surface area contributed by atoms with Crippen LogP contribution in [-0.4, -0.2) is 32.7 Å². The van der Waals surface area contributed by atoms with Crippen LogP contribution in [0.25, 0.3) is 0 Å². The molecule has 2 N–H and O–H groups in total. The molecule has 1 heterocycles. The third-order valence-corrected chi connectivity index (χ3v) is 7.93. The van der Waals surface area contributed by atoms with Crippen LogP contribution >= 0.6 is 0 Å². The van der Waals surface area contributed by atoms with Crippen molar-refractivity contribution in [3.63, 3.8) is 0 Å². The van der Waals surface area contributed by atoms with Gasteiger partial charge in [0.2, 0.25) is 0 Å². The zero-order chi connectivity index (χ0) is 22.0. The summed E-state index contributed by atoms with van der Waals surface area (Å²) in [6.45, 7) is 4.04. The Bertz CT molecular complexity index is 1100. The first-order chi connectivity index (χ1) is 14.1. The second-order valence-corrected chi connectivity index (χ2v) is 10.7. The van der Waals surface area contributed by atoms with Gasteiger partial charge in [-0.15, -0.1) is 0 Å². The minimum atomic E-state index is -4.77. The van der Waals surface area contributed by atoms with E-state index < -0.39 is 31.8 Å². The lowest BCUT2D eigenvalue weighted by Crippen LogP contribution is -2.50. The van der Waals surface area contributed by atoms with Crippen LogP contribution in [0.2, 0.25) is 0 Å². The maximum atomic E-state index is 13.4. The van der Waals surface area contributed by atoms with E-state index in [9.17, 15) is 16.8 Å². The summed E-state index contributed by atoms with van der Waals surface area (Å²) < 4.78 is 62.6. The molecule has 0 aromatic heterocycles. The number of sulfone groups is 1. The molecular weight excluding hydrogens is 426 g/mol. The zero-order valence-electron chi connectivity index (χ0n) is 17.0. The Morgan fingerprint density at radius 3 is 2.47 bits per heavy atom. The summed E-state index contributed by atoms with van der Waals surface area (Å²) in [6, 6.07) is 13.2. The molecule has 0 spiro atoms. The van der Waals surface area contributed by atoms with Gasteiger partial charge in [-0.3, -0.25) is 9.87 Å². The number of rotatable bonds is 7. The van der Waals surface area contributed by atoms with Gasteiger partial charge in [-0.25, -0.2) is 8.42 Å². The van der Waals surface area contributed by atoms with E-state index in [4.69, 9.17) is 4.55 Å². The molecule has 0 saturated carbocycles. The fraction of sp³-hybridized carbons (Fsp3) is 0.429. The molecule has 9 heteroatoms. The third kappa shape index (κ3) is 5.03. The highest BCUT2D eigenvalue weighted by molar-refractivity contribution is 7.91. The highest BCUT2D eigenvalue weighted by Crippen LogP contribution is 2.39. The number of unbranched alkanes of at least 4 members (excludes halogenated alkanes) is 1. The average Bonchev–Trinajstić information content (AvgIpc) is 2.79. The number of nitrogens with one attached hydrogen (secondary N) is 1. The molecule has 164 valence electrons. The van der Waals surface area contributed by atoms with Crippen molar-refractivity contribution in [2.24, 2.45) is 0 Å². The second-order valence-electron chi connectivity index (χ2n) is 7.70. The first-order valence-corrected chi connectivity index (χ1v) is 13.0. The van der Waals surface area contributed by atoms with Crippen molar-refractivity contribution in [2.45, 2.75) is 56.0 Å². The van der Waals surface area contributed by atoms with Crippen LogP contribution in [0, 0.1) is 0 Å². The van der Waals surface area contributed by atoms with Crippen molar-refractivity contribution in [1.82, 2.24) is 5.32 Å². The van der Waals surface area contributed by atoms with E-state index in [0.717, 1.165) is 18.4 Å². The van der Waals surface area contributed by atoms with Gasteiger partial charge in [0.1, 0.15) is 5.75 Å². The number of hydrogen-bond donors (Lipinski definition) is 2. The molecule has 2 aromatic carbocycles. The molecule has 1 aliphatic heterocycles. The Balaban J connectivity index is 2.20. The molecule has 1 aliphatic rings. The summed E-state index contributed by atoms with van der Waals surface area (Å²) in [6.07, 6.45) is 3.15. The van der Waals surface area contributed by atoms with E-state index in [1.54, 1.807) is 6.07 Å². The second kappa shape index (κ2) is 8.66. The van der Waals surface area contributed by atoms with E-state index >= 15 is 0 Å². The monoisotopic (exact) mass is 453 g/mol. The average molecular weight is 454 g/mol. The molecule has 30 heavy (non-hydrogen) atoms. The first-order valence-electron chi connectivity index (χ1n) is 9.95. The molecule has 2 aromatic rings. The third-order valence-electron chi connectivity index (χ3n) is 5.57. The van der Waals surface area contributed by atoms with Crippen molar-refractivity contribution in [3.8, 4) is 5.75 Å². The van der Waals surface area contributed by atoms with Crippen molar-refractivity contribution in [2.75, 3.05) is 5.75 Å². The predicted octanol–water partition coefficient (Wildman–Crippen LogP) is 3.67. The Morgan fingerprint density at radius 2 is 1.87 bits per heavy atom. The summed E-state index contributed by atoms with van der Waals surface area (Å²) >= 11 is 0. The van der Waals surface area contributed by atoms with Gasteiger partial charge < -0.3 is 4.18 Å². The van der Waals surface area contributed by atoms with Crippen LogP contribution in [0.1, 0.15) is 56.7 Å². The highest BCUT2D eigenvalue weighted by Gasteiger charge is 2.42. The molecule has 0 radical (unpaired) electrons. The lowest BCUT2D eigenvalue weighted by molar-refractivity contribution is 0.295. The van der Waals surface area contributed by atoms with Crippen LogP contribution < -0.4 is 9.50 Å². The molecule has 7 nitrogen and oxygen atoms in total. The van der Waals surface area contributed by atoms with Crippen molar-refractivity contribution < 1.29 is 25.6 Å². The van der Waals surface area contributed by atoms with Crippen LogP contribution in [0.5, 0.6) is 5.75 Å². The largest absolute Gasteiger partial charge is 0.446 e. The Morgan fingerprint density at radius 1 is 1.17 bits per heavy atom. The minimum absolute atomic E-state index is 0.0110. The van der Waals surface area contributed by atoms with Gasteiger partial charge in [0.15, 0.2) is 9.84 Å². The summed E-state index contributed by atoms with van der Waals surface area (Å²) in [5.74, 6) is -0.355. The molecule has 0 amide bonds. The van der Waals surface area contributed by atoms with E-state index in [-0.39, 0.29) is 16.4 Å². The lowest BCUT2D eigenvalue weighted by atomic mass is 9.88. The topological polar surface area (TPSA) is 110 Å². The predicted molar refractivity (Wildman–Crippen MR) is 115 cm³/mol. The van der Waals surface area contributed by atoms with Gasteiger partial charge in [-0.1, -0.05) is 63.1 Å².